The molecule has 0 bridgehead atoms. The van der Waals surface area contributed by atoms with Crippen molar-refractivity contribution in [2.75, 3.05) is 25.1 Å². The lowest BCUT2D eigenvalue weighted by atomic mass is 9.76. The fourth-order valence-electron chi connectivity index (χ4n) is 4.28. The first-order valence-electron chi connectivity index (χ1n) is 9.87. The van der Waals surface area contributed by atoms with Crippen LogP contribution in [0, 0.1) is 5.41 Å². The van der Waals surface area contributed by atoms with Gasteiger partial charge in [0.2, 0.25) is 0 Å². The number of alkyl halides is 3. The van der Waals surface area contributed by atoms with Crippen LogP contribution in [0.2, 0.25) is 0 Å². The van der Waals surface area contributed by atoms with Crippen LogP contribution in [0.5, 0.6) is 0 Å². The Kier molecular flexibility index (Phi) is 5.13. The Morgan fingerprint density at radius 3 is 2.60 bits per heavy atom. The molecular formula is C22H24F3NO3S. The molecule has 1 aliphatic carbocycles. The van der Waals surface area contributed by atoms with E-state index in [4.69, 9.17) is 4.74 Å². The van der Waals surface area contributed by atoms with Crippen LogP contribution in [0.15, 0.2) is 18.2 Å². The molecule has 0 spiro atoms. The number of carboxylic acid groups (broad SMARTS) is 1. The van der Waals surface area contributed by atoms with E-state index in [1.165, 1.54) is 17.4 Å². The van der Waals surface area contributed by atoms with E-state index < -0.39 is 17.7 Å². The van der Waals surface area contributed by atoms with Gasteiger partial charge in [-0.15, -0.1) is 11.3 Å². The molecule has 0 radical (unpaired) electrons. The number of hydrogen-bond donors (Lipinski definition) is 1. The van der Waals surface area contributed by atoms with E-state index >= 15 is 0 Å². The third kappa shape index (κ3) is 3.71. The molecule has 1 N–H and O–H groups in total. The van der Waals surface area contributed by atoms with E-state index in [0.29, 0.717) is 35.6 Å². The predicted octanol–water partition coefficient (Wildman–Crippen LogP) is 5.48. The van der Waals surface area contributed by atoms with Crippen molar-refractivity contribution in [3.63, 3.8) is 0 Å². The number of methoxy groups -OCH3 is 1. The van der Waals surface area contributed by atoms with Crippen molar-refractivity contribution >= 4 is 23.0 Å². The van der Waals surface area contributed by atoms with E-state index in [0.717, 1.165) is 35.4 Å². The Bertz CT molecular complexity index is 990. The molecule has 1 aromatic carbocycles. The second-order valence-electron chi connectivity index (χ2n) is 8.85. The van der Waals surface area contributed by atoms with Gasteiger partial charge in [0, 0.05) is 36.3 Å². The summed E-state index contributed by atoms with van der Waals surface area (Å²) in [6.07, 6.45) is -2.10. The molecule has 2 heterocycles. The number of fused-ring (bicyclic) bond motifs is 1. The Hall–Kier alpha value is -2.06. The van der Waals surface area contributed by atoms with E-state index in [1.54, 1.807) is 7.11 Å². The summed E-state index contributed by atoms with van der Waals surface area (Å²) in [6.45, 7) is 5.19. The summed E-state index contributed by atoms with van der Waals surface area (Å²) in [5.41, 5.74) is 1.31. The van der Waals surface area contributed by atoms with Gasteiger partial charge in [0.15, 0.2) is 0 Å². The number of carbonyl (C=O) groups is 1. The van der Waals surface area contributed by atoms with Gasteiger partial charge >= 0.3 is 12.1 Å². The number of aryl methyl sites for hydroxylation is 1. The zero-order chi connectivity index (χ0) is 21.8. The Morgan fingerprint density at radius 1 is 1.30 bits per heavy atom. The van der Waals surface area contributed by atoms with Gasteiger partial charge in [-0.2, -0.15) is 13.2 Å². The Labute approximate surface area is 177 Å². The first kappa shape index (κ1) is 21.2. The number of anilines is 1. The van der Waals surface area contributed by atoms with Gasteiger partial charge in [0.05, 0.1) is 22.1 Å². The minimum Gasteiger partial charge on any atom is -0.478 e. The zero-order valence-electron chi connectivity index (χ0n) is 17.1. The largest absolute Gasteiger partial charge is 0.478 e. The minimum atomic E-state index is -4.47. The smallest absolute Gasteiger partial charge is 0.416 e. The number of carboxylic acids is 1. The van der Waals surface area contributed by atoms with Gasteiger partial charge in [-0.25, -0.2) is 4.79 Å². The zero-order valence-corrected chi connectivity index (χ0v) is 17.9. The van der Waals surface area contributed by atoms with Crippen LogP contribution >= 0.6 is 11.3 Å². The standard InChI is InChI=1S/C22H24F3NO3S/c1-21(2)7-6-17-15(9-21)18(20(27)28)19(30-17)14-5-4-12(22(23,24)25)8-16(14)26-10-13(11-26)29-3/h4-5,8,13H,6-7,9-11H2,1-3H3,(H,27,28). The average molecular weight is 439 g/mol. The van der Waals surface area contributed by atoms with Crippen LogP contribution in [-0.4, -0.2) is 37.4 Å². The van der Waals surface area contributed by atoms with E-state index in [1.807, 2.05) is 4.90 Å². The third-order valence-corrected chi connectivity index (χ3v) is 7.41. The van der Waals surface area contributed by atoms with E-state index in [2.05, 4.69) is 13.8 Å². The molecule has 1 saturated heterocycles. The highest BCUT2D eigenvalue weighted by atomic mass is 32.1. The number of benzene rings is 1. The number of nitrogens with zero attached hydrogens (tertiary/aromatic N) is 1. The third-order valence-electron chi connectivity index (χ3n) is 6.08. The van der Waals surface area contributed by atoms with Gasteiger partial charge < -0.3 is 14.7 Å². The monoisotopic (exact) mass is 439 g/mol. The summed E-state index contributed by atoms with van der Waals surface area (Å²) < 4.78 is 45.4. The highest BCUT2D eigenvalue weighted by Crippen LogP contribution is 2.48. The SMILES string of the molecule is COC1CN(c2cc(C(F)(F)F)ccc2-c2sc3c(c2C(=O)O)CC(C)(C)CC3)C1. The minimum absolute atomic E-state index is 0.00166. The maximum atomic E-state index is 13.4. The average Bonchev–Trinajstić information content (AvgIpc) is 2.97. The summed E-state index contributed by atoms with van der Waals surface area (Å²) in [6, 6.07) is 3.60. The molecule has 0 unspecified atom stereocenters. The van der Waals surface area contributed by atoms with Crippen LogP contribution < -0.4 is 4.90 Å². The number of hydrogen-bond acceptors (Lipinski definition) is 4. The van der Waals surface area contributed by atoms with Crippen molar-refractivity contribution < 1.29 is 27.8 Å². The Morgan fingerprint density at radius 2 is 2.00 bits per heavy atom. The molecule has 8 heteroatoms. The van der Waals surface area contributed by atoms with Crippen LogP contribution in [0.25, 0.3) is 10.4 Å². The van der Waals surface area contributed by atoms with Crippen LogP contribution in [-0.2, 0) is 23.8 Å². The summed E-state index contributed by atoms with van der Waals surface area (Å²) in [5, 5.41) is 10.00. The van der Waals surface area contributed by atoms with Gasteiger partial charge in [-0.3, -0.25) is 0 Å². The first-order chi connectivity index (χ1) is 14.0. The van der Waals surface area contributed by atoms with Crippen LogP contribution in [0.3, 0.4) is 0 Å². The molecule has 1 aromatic heterocycles. The van der Waals surface area contributed by atoms with Gasteiger partial charge in [-0.05, 0) is 42.4 Å². The fourth-order valence-corrected chi connectivity index (χ4v) is 5.62. The van der Waals surface area contributed by atoms with Gasteiger partial charge in [0.1, 0.15) is 0 Å². The fraction of sp³-hybridized carbons (Fsp3) is 0.500. The lowest BCUT2D eigenvalue weighted by Gasteiger charge is -2.41. The first-order valence-corrected chi connectivity index (χ1v) is 10.7. The maximum absolute atomic E-state index is 13.4. The van der Waals surface area contributed by atoms with Crippen molar-refractivity contribution in [3.8, 4) is 10.4 Å². The maximum Gasteiger partial charge on any atom is 0.416 e. The normalized spacial score (nSPS) is 18.8. The van der Waals surface area contributed by atoms with Crippen molar-refractivity contribution in [2.45, 2.75) is 45.4 Å². The molecule has 1 fully saturated rings. The number of aromatic carboxylic acids is 1. The summed E-state index contributed by atoms with van der Waals surface area (Å²) >= 11 is 1.41. The highest BCUT2D eigenvalue weighted by Gasteiger charge is 2.37. The second-order valence-corrected chi connectivity index (χ2v) is 9.95. The quantitative estimate of drug-likeness (QED) is 0.685. The molecule has 2 aromatic rings. The number of halogens is 3. The molecule has 0 saturated carbocycles. The van der Waals surface area contributed by atoms with Gasteiger partial charge in [-0.1, -0.05) is 19.9 Å². The number of rotatable bonds is 4. The molecule has 0 atom stereocenters. The van der Waals surface area contributed by atoms with Crippen molar-refractivity contribution in [1.82, 2.24) is 0 Å². The topological polar surface area (TPSA) is 49.8 Å². The molecule has 0 amide bonds. The van der Waals surface area contributed by atoms with E-state index in [-0.39, 0.29) is 17.1 Å². The summed E-state index contributed by atoms with van der Waals surface area (Å²) in [5.74, 6) is -1.02. The molecular weight excluding hydrogens is 415 g/mol. The second kappa shape index (κ2) is 7.27. The van der Waals surface area contributed by atoms with Crippen molar-refractivity contribution in [2.24, 2.45) is 5.41 Å². The highest BCUT2D eigenvalue weighted by molar-refractivity contribution is 7.16. The molecule has 2 aliphatic rings. The Balaban J connectivity index is 1.86. The van der Waals surface area contributed by atoms with Crippen LogP contribution in [0.1, 0.15) is 46.6 Å². The predicted molar refractivity (Wildman–Crippen MR) is 111 cm³/mol. The van der Waals surface area contributed by atoms with Crippen LogP contribution in [0.4, 0.5) is 18.9 Å². The van der Waals surface area contributed by atoms with Gasteiger partial charge in [0.25, 0.3) is 0 Å². The summed E-state index contributed by atoms with van der Waals surface area (Å²) in [7, 11) is 1.58. The number of ether oxygens (including phenoxy) is 1. The molecule has 4 nitrogen and oxygen atoms in total. The summed E-state index contributed by atoms with van der Waals surface area (Å²) in [4.78, 5) is 15.6. The molecule has 30 heavy (non-hydrogen) atoms. The van der Waals surface area contributed by atoms with E-state index in [9.17, 15) is 23.1 Å². The molecule has 162 valence electrons. The molecule has 4 rings (SSSR count). The lowest BCUT2D eigenvalue weighted by molar-refractivity contribution is -0.137. The lowest BCUT2D eigenvalue weighted by Crippen LogP contribution is -2.52. The number of thiophene rings is 1. The molecule has 1 aliphatic heterocycles. The van der Waals surface area contributed by atoms with Crippen molar-refractivity contribution in [3.05, 3.63) is 39.8 Å². The van der Waals surface area contributed by atoms with Crippen molar-refractivity contribution in [1.29, 1.82) is 0 Å².